The van der Waals surface area contributed by atoms with Gasteiger partial charge >= 0.3 is 0 Å². The van der Waals surface area contributed by atoms with Gasteiger partial charge in [-0.2, -0.15) is 0 Å². The van der Waals surface area contributed by atoms with Gasteiger partial charge in [0.2, 0.25) is 5.91 Å². The number of hydrogen-bond acceptors (Lipinski definition) is 5. The molecule has 2 unspecified atom stereocenters. The Morgan fingerprint density at radius 3 is 2.54 bits per heavy atom. The average molecular weight is 554 g/mol. The first-order valence-electron chi connectivity index (χ1n) is 13.6. The van der Waals surface area contributed by atoms with Crippen LogP contribution < -0.4 is 20.1 Å². The fourth-order valence-corrected chi connectivity index (χ4v) is 4.82. The van der Waals surface area contributed by atoms with Crippen LogP contribution in [-0.4, -0.2) is 30.4 Å². The minimum absolute atomic E-state index is 0.198. The van der Waals surface area contributed by atoms with E-state index in [-0.39, 0.29) is 17.6 Å². The van der Waals surface area contributed by atoms with Crippen LogP contribution in [0.15, 0.2) is 85.2 Å². The van der Waals surface area contributed by atoms with E-state index in [1.54, 1.807) is 37.6 Å². The van der Waals surface area contributed by atoms with Crippen molar-refractivity contribution in [2.24, 2.45) is 5.92 Å². The molecule has 3 aromatic carbocycles. The first-order chi connectivity index (χ1) is 19.8. The zero-order chi connectivity index (χ0) is 28.9. The molecule has 1 aromatic heterocycles. The number of carbonyl (C=O) groups excluding carboxylic acids is 2. The molecule has 0 saturated heterocycles. The molecule has 2 heterocycles. The number of nitrogens with one attached hydrogen (secondary N) is 2. The van der Waals surface area contributed by atoms with E-state index in [1.165, 1.54) is 12.1 Å². The second kappa shape index (κ2) is 12.2. The highest BCUT2D eigenvalue weighted by Crippen LogP contribution is 2.47. The van der Waals surface area contributed by atoms with Gasteiger partial charge in [0.05, 0.1) is 0 Å². The fraction of sp³-hybridized carbons (Fsp3) is 0.242. The lowest BCUT2D eigenvalue weighted by molar-refractivity contribution is -0.123. The molecule has 1 aliphatic heterocycles. The van der Waals surface area contributed by atoms with Crippen molar-refractivity contribution in [2.45, 2.75) is 32.5 Å². The number of aromatic nitrogens is 1. The Balaban J connectivity index is 1.51. The van der Waals surface area contributed by atoms with Gasteiger partial charge in [-0.05, 0) is 71.1 Å². The lowest BCUT2D eigenvalue weighted by Gasteiger charge is -2.18. The molecule has 7 nitrogen and oxygen atoms in total. The van der Waals surface area contributed by atoms with Crippen LogP contribution in [-0.2, 0) is 11.4 Å². The third-order valence-corrected chi connectivity index (χ3v) is 6.93. The van der Waals surface area contributed by atoms with Gasteiger partial charge in [-0.15, -0.1) is 0 Å². The topological polar surface area (TPSA) is 89.5 Å². The number of amides is 2. The van der Waals surface area contributed by atoms with Crippen LogP contribution in [0.5, 0.6) is 11.5 Å². The van der Waals surface area contributed by atoms with Gasteiger partial charge < -0.3 is 20.1 Å². The molecule has 2 N–H and O–H groups in total. The predicted molar refractivity (Wildman–Crippen MR) is 154 cm³/mol. The molecule has 41 heavy (non-hydrogen) atoms. The molecule has 0 aliphatic carbocycles. The maximum absolute atomic E-state index is 13.6. The van der Waals surface area contributed by atoms with Gasteiger partial charge in [0.15, 0.2) is 0 Å². The minimum atomic E-state index is -0.640. The van der Waals surface area contributed by atoms with Gasteiger partial charge in [-0.3, -0.25) is 14.6 Å². The molecule has 5 rings (SSSR count). The highest BCUT2D eigenvalue weighted by atomic mass is 19.1. The smallest absolute Gasteiger partial charge is 0.251 e. The van der Waals surface area contributed by atoms with Gasteiger partial charge in [-0.25, -0.2) is 4.39 Å². The van der Waals surface area contributed by atoms with E-state index < -0.39 is 12.0 Å². The number of benzene rings is 3. The second-order valence-corrected chi connectivity index (χ2v) is 10.4. The van der Waals surface area contributed by atoms with Crippen LogP contribution in [0.4, 0.5) is 4.39 Å². The summed E-state index contributed by atoms with van der Waals surface area (Å²) in [6, 6.07) is 20.8. The number of hydrogen-bond donors (Lipinski definition) is 2. The lowest BCUT2D eigenvalue weighted by Crippen LogP contribution is -2.28. The van der Waals surface area contributed by atoms with Crippen molar-refractivity contribution in [1.82, 2.24) is 15.6 Å². The first-order valence-corrected chi connectivity index (χ1v) is 13.6. The third kappa shape index (κ3) is 6.38. The van der Waals surface area contributed by atoms with Crippen LogP contribution in [0.3, 0.4) is 0 Å². The predicted octanol–water partition coefficient (Wildman–Crippen LogP) is 5.82. The lowest BCUT2D eigenvalue weighted by atomic mass is 9.88. The first kappa shape index (κ1) is 27.8. The Morgan fingerprint density at radius 1 is 1.02 bits per heavy atom. The fourth-order valence-electron chi connectivity index (χ4n) is 4.82. The number of ether oxygens (including phenoxy) is 2. The standard InChI is InChI=1S/C33H32FN3O4/c1-20(2)17-37-32(38)25-13-24(14-27(15-25)40-19-21-5-4-12-36-18-21)23-8-11-29-28(16-23)30(33(39)35-3)31(41-29)22-6-9-26(34)10-7-22/h4-16,18,20,30-31H,17,19H2,1-3H3,(H,35,39)(H,37,38). The Bertz CT molecular complexity index is 1540. The minimum Gasteiger partial charge on any atom is -0.489 e. The van der Waals surface area contributed by atoms with Gasteiger partial charge in [0.1, 0.15) is 35.9 Å². The van der Waals surface area contributed by atoms with E-state index in [9.17, 15) is 14.0 Å². The number of carbonyl (C=O) groups is 2. The van der Waals surface area contributed by atoms with E-state index in [1.807, 2.05) is 56.3 Å². The summed E-state index contributed by atoms with van der Waals surface area (Å²) in [5, 5.41) is 5.71. The molecule has 1 aliphatic rings. The van der Waals surface area contributed by atoms with E-state index in [2.05, 4.69) is 15.6 Å². The zero-order valence-electron chi connectivity index (χ0n) is 23.2. The van der Waals surface area contributed by atoms with E-state index in [0.717, 1.165) is 16.7 Å². The molecule has 8 heteroatoms. The largest absolute Gasteiger partial charge is 0.489 e. The summed E-state index contributed by atoms with van der Waals surface area (Å²) in [5.74, 6) is 0.00536. The van der Waals surface area contributed by atoms with Crippen LogP contribution in [0, 0.1) is 11.7 Å². The Morgan fingerprint density at radius 2 is 1.83 bits per heavy atom. The van der Waals surface area contributed by atoms with Gasteiger partial charge in [0.25, 0.3) is 5.91 Å². The molecule has 2 amide bonds. The van der Waals surface area contributed by atoms with Gasteiger partial charge in [0, 0.05) is 42.7 Å². The summed E-state index contributed by atoms with van der Waals surface area (Å²) in [4.78, 5) is 30.3. The highest BCUT2D eigenvalue weighted by molar-refractivity contribution is 5.96. The van der Waals surface area contributed by atoms with Crippen LogP contribution in [0.25, 0.3) is 11.1 Å². The molecule has 210 valence electrons. The van der Waals surface area contributed by atoms with Crippen molar-refractivity contribution in [1.29, 1.82) is 0 Å². The summed E-state index contributed by atoms with van der Waals surface area (Å²) in [6.45, 7) is 4.91. The SMILES string of the molecule is CNC(=O)C1c2cc(-c3cc(OCc4cccnc4)cc(C(=O)NCC(C)C)c3)ccc2OC1c1ccc(F)cc1. The van der Waals surface area contributed by atoms with Crippen LogP contribution in [0.1, 0.15) is 52.9 Å². The van der Waals surface area contributed by atoms with Crippen molar-refractivity contribution in [2.75, 3.05) is 13.6 Å². The van der Waals surface area contributed by atoms with Crippen molar-refractivity contribution >= 4 is 11.8 Å². The Hall–Kier alpha value is -4.72. The number of halogens is 1. The zero-order valence-corrected chi connectivity index (χ0v) is 23.2. The van der Waals surface area contributed by atoms with E-state index in [4.69, 9.17) is 9.47 Å². The van der Waals surface area contributed by atoms with Crippen molar-refractivity contribution in [3.63, 3.8) is 0 Å². The summed E-state index contributed by atoms with van der Waals surface area (Å²) >= 11 is 0. The molecule has 2 atom stereocenters. The number of pyridine rings is 1. The van der Waals surface area contributed by atoms with Crippen molar-refractivity contribution in [3.05, 3.63) is 113 Å². The van der Waals surface area contributed by atoms with Crippen LogP contribution in [0.2, 0.25) is 0 Å². The molecule has 0 radical (unpaired) electrons. The van der Waals surface area contributed by atoms with Crippen molar-refractivity contribution < 1.29 is 23.5 Å². The molecule has 0 saturated carbocycles. The highest BCUT2D eigenvalue weighted by Gasteiger charge is 2.40. The molecular weight excluding hydrogens is 521 g/mol. The third-order valence-electron chi connectivity index (χ3n) is 6.93. The summed E-state index contributed by atoms with van der Waals surface area (Å²) in [5.41, 5.74) is 4.33. The quantitative estimate of drug-likeness (QED) is 0.273. The monoisotopic (exact) mass is 553 g/mol. The average Bonchev–Trinajstić information content (AvgIpc) is 3.38. The number of fused-ring (bicyclic) bond motifs is 1. The number of rotatable bonds is 9. The summed E-state index contributed by atoms with van der Waals surface area (Å²) in [6.07, 6.45) is 2.83. The van der Waals surface area contributed by atoms with Crippen LogP contribution >= 0.6 is 0 Å². The van der Waals surface area contributed by atoms with Gasteiger partial charge in [-0.1, -0.05) is 38.1 Å². The second-order valence-electron chi connectivity index (χ2n) is 10.4. The van der Waals surface area contributed by atoms with Crippen molar-refractivity contribution in [3.8, 4) is 22.6 Å². The number of nitrogens with zero attached hydrogens (tertiary/aromatic N) is 1. The molecule has 0 spiro atoms. The Labute approximate surface area is 238 Å². The van der Waals surface area contributed by atoms with E-state index in [0.29, 0.717) is 47.3 Å². The molecular formula is C33H32FN3O4. The molecule has 0 bridgehead atoms. The molecule has 0 fully saturated rings. The maximum atomic E-state index is 13.6. The Kier molecular flexibility index (Phi) is 8.29. The normalized spacial score (nSPS) is 15.6. The van der Waals surface area contributed by atoms with E-state index >= 15 is 0 Å². The summed E-state index contributed by atoms with van der Waals surface area (Å²) < 4.78 is 25.9. The summed E-state index contributed by atoms with van der Waals surface area (Å²) in [7, 11) is 1.58. The maximum Gasteiger partial charge on any atom is 0.251 e. The molecule has 4 aromatic rings. The number of likely N-dealkylation sites (N-methyl/N-ethyl adjacent to an activating group) is 1.